The molecule has 2 aromatic carbocycles. The second-order valence-corrected chi connectivity index (χ2v) is 6.53. The quantitative estimate of drug-likeness (QED) is 0.716. The molecule has 0 spiro atoms. The third-order valence-electron chi connectivity index (χ3n) is 3.48. The van der Waals surface area contributed by atoms with Crippen LogP contribution in [0, 0.1) is 13.8 Å². The Labute approximate surface area is 144 Å². The number of hydrogen-bond acceptors (Lipinski definition) is 5. The number of primary amides is 1. The summed E-state index contributed by atoms with van der Waals surface area (Å²) in [7, 11) is 0. The maximum Gasteiger partial charge on any atom is 0.277 e. The number of carbonyl (C=O) groups excluding carboxylic acids is 1. The first-order valence-corrected chi connectivity index (χ1v) is 8.43. The molecule has 5 nitrogen and oxygen atoms in total. The fraction of sp³-hybridized carbons (Fsp3) is 0.167. The molecule has 0 fully saturated rings. The van der Waals surface area contributed by atoms with Gasteiger partial charge in [0.2, 0.25) is 11.8 Å². The molecule has 0 unspecified atom stereocenters. The Balaban J connectivity index is 1.69. The van der Waals surface area contributed by atoms with Crippen LogP contribution in [0.1, 0.15) is 27.0 Å². The van der Waals surface area contributed by atoms with E-state index < -0.39 is 5.91 Å². The molecule has 0 saturated carbocycles. The lowest BCUT2D eigenvalue weighted by Gasteiger charge is -2.01. The Hall–Kier alpha value is -2.60. The number of nitrogens with two attached hydrogens (primary N) is 1. The minimum Gasteiger partial charge on any atom is -0.411 e. The van der Waals surface area contributed by atoms with Gasteiger partial charge in [-0.1, -0.05) is 41.1 Å². The van der Waals surface area contributed by atoms with Crippen molar-refractivity contribution in [3.8, 4) is 11.5 Å². The average molecular weight is 339 g/mol. The molecule has 3 aromatic rings. The highest BCUT2D eigenvalue weighted by molar-refractivity contribution is 7.98. The summed E-state index contributed by atoms with van der Waals surface area (Å²) in [6, 6.07) is 13.3. The summed E-state index contributed by atoms with van der Waals surface area (Å²) in [5.74, 6) is 0.769. The third-order valence-corrected chi connectivity index (χ3v) is 4.37. The number of rotatable bonds is 5. The maximum absolute atomic E-state index is 11.1. The molecule has 0 aliphatic heterocycles. The van der Waals surface area contributed by atoms with Gasteiger partial charge in [0.05, 0.1) is 0 Å². The highest BCUT2D eigenvalue weighted by Gasteiger charge is 2.10. The Morgan fingerprint density at radius 3 is 2.38 bits per heavy atom. The van der Waals surface area contributed by atoms with E-state index in [9.17, 15) is 4.79 Å². The Kier molecular flexibility index (Phi) is 4.66. The normalized spacial score (nSPS) is 10.8. The number of aromatic nitrogens is 2. The van der Waals surface area contributed by atoms with E-state index in [1.54, 1.807) is 12.1 Å². The van der Waals surface area contributed by atoms with Crippen LogP contribution in [0.3, 0.4) is 0 Å². The predicted molar refractivity (Wildman–Crippen MR) is 93.7 cm³/mol. The van der Waals surface area contributed by atoms with E-state index in [2.05, 4.69) is 16.3 Å². The van der Waals surface area contributed by atoms with Crippen LogP contribution < -0.4 is 5.73 Å². The van der Waals surface area contributed by atoms with E-state index in [1.165, 1.54) is 11.8 Å². The molecule has 2 N–H and O–H groups in total. The first-order valence-electron chi connectivity index (χ1n) is 7.45. The Bertz CT molecular complexity index is 852. The molecule has 1 amide bonds. The number of nitrogens with zero attached hydrogens (tertiary/aromatic N) is 2. The van der Waals surface area contributed by atoms with Gasteiger partial charge in [-0.3, -0.25) is 4.79 Å². The van der Waals surface area contributed by atoms with Gasteiger partial charge in [-0.2, -0.15) is 0 Å². The molecular weight excluding hydrogens is 322 g/mol. The van der Waals surface area contributed by atoms with Crippen molar-refractivity contribution in [2.45, 2.75) is 24.8 Å². The zero-order valence-electron chi connectivity index (χ0n) is 13.4. The van der Waals surface area contributed by atoms with E-state index in [1.807, 2.05) is 38.1 Å². The topological polar surface area (TPSA) is 82.0 Å². The first kappa shape index (κ1) is 16.3. The zero-order chi connectivity index (χ0) is 17.1. The van der Waals surface area contributed by atoms with Crippen molar-refractivity contribution in [1.29, 1.82) is 0 Å². The van der Waals surface area contributed by atoms with E-state index >= 15 is 0 Å². The van der Waals surface area contributed by atoms with E-state index in [-0.39, 0.29) is 0 Å². The van der Waals surface area contributed by atoms with Crippen LogP contribution in [0.5, 0.6) is 0 Å². The van der Waals surface area contributed by atoms with Crippen molar-refractivity contribution in [2.75, 3.05) is 0 Å². The fourth-order valence-corrected chi connectivity index (χ4v) is 3.11. The van der Waals surface area contributed by atoms with E-state index in [0.29, 0.717) is 22.4 Å². The van der Waals surface area contributed by atoms with Gasteiger partial charge in [0.1, 0.15) is 0 Å². The summed E-state index contributed by atoms with van der Waals surface area (Å²) in [4.78, 5) is 11.1. The van der Waals surface area contributed by atoms with Crippen LogP contribution in [0.25, 0.3) is 11.5 Å². The predicted octanol–water partition coefficient (Wildman–Crippen LogP) is 3.74. The smallest absolute Gasteiger partial charge is 0.277 e. The summed E-state index contributed by atoms with van der Waals surface area (Å²) >= 11 is 1.46. The molecule has 0 aliphatic rings. The van der Waals surface area contributed by atoms with E-state index in [4.69, 9.17) is 10.2 Å². The fourth-order valence-electron chi connectivity index (χ4n) is 2.39. The summed E-state index contributed by atoms with van der Waals surface area (Å²) in [6.45, 7) is 4.08. The van der Waals surface area contributed by atoms with Gasteiger partial charge in [-0.25, -0.2) is 0 Å². The second-order valence-electron chi connectivity index (χ2n) is 5.60. The van der Waals surface area contributed by atoms with E-state index in [0.717, 1.165) is 22.3 Å². The average Bonchev–Trinajstić information content (AvgIpc) is 3.01. The van der Waals surface area contributed by atoms with Crippen LogP contribution in [0.4, 0.5) is 0 Å². The molecule has 1 aromatic heterocycles. The summed E-state index contributed by atoms with van der Waals surface area (Å²) in [5.41, 5.74) is 10.0. The minimum atomic E-state index is -0.427. The first-order chi connectivity index (χ1) is 11.5. The maximum atomic E-state index is 11.1. The largest absolute Gasteiger partial charge is 0.411 e. The van der Waals surface area contributed by atoms with Crippen molar-refractivity contribution >= 4 is 17.7 Å². The standard InChI is InChI=1S/C18H17N3O2S/c1-11-7-12(2)9-15(8-11)17-20-21-18(23-17)24-10-13-3-5-14(6-4-13)16(19)22/h3-9H,10H2,1-2H3,(H2,19,22). The minimum absolute atomic E-state index is 0.427. The summed E-state index contributed by atoms with van der Waals surface area (Å²) in [5, 5.41) is 8.72. The second kappa shape index (κ2) is 6.88. The van der Waals surface area contributed by atoms with Crippen molar-refractivity contribution in [3.05, 3.63) is 64.7 Å². The third kappa shape index (κ3) is 3.83. The van der Waals surface area contributed by atoms with Gasteiger partial charge in [0, 0.05) is 16.9 Å². The van der Waals surface area contributed by atoms with Crippen LogP contribution in [-0.2, 0) is 5.75 Å². The van der Waals surface area contributed by atoms with Crippen molar-refractivity contribution in [2.24, 2.45) is 5.73 Å². The molecule has 1 heterocycles. The summed E-state index contributed by atoms with van der Waals surface area (Å²) in [6.07, 6.45) is 0. The number of thioether (sulfide) groups is 1. The van der Waals surface area contributed by atoms with Crippen molar-refractivity contribution in [1.82, 2.24) is 10.2 Å². The van der Waals surface area contributed by atoms with Crippen LogP contribution in [0.15, 0.2) is 52.1 Å². The monoisotopic (exact) mass is 339 g/mol. The number of benzene rings is 2. The van der Waals surface area contributed by atoms with Crippen molar-refractivity contribution < 1.29 is 9.21 Å². The molecule has 0 saturated heterocycles. The van der Waals surface area contributed by atoms with Gasteiger partial charge in [0.25, 0.3) is 5.22 Å². The lowest BCUT2D eigenvalue weighted by Crippen LogP contribution is -2.10. The number of hydrogen-bond donors (Lipinski definition) is 1. The van der Waals surface area contributed by atoms with Crippen LogP contribution >= 0.6 is 11.8 Å². The Morgan fingerprint density at radius 2 is 1.75 bits per heavy atom. The molecule has 0 atom stereocenters. The van der Waals surface area contributed by atoms with Crippen LogP contribution in [0.2, 0.25) is 0 Å². The molecule has 0 bridgehead atoms. The zero-order valence-corrected chi connectivity index (χ0v) is 14.3. The van der Waals surface area contributed by atoms with Gasteiger partial charge < -0.3 is 10.2 Å². The van der Waals surface area contributed by atoms with Crippen molar-refractivity contribution in [3.63, 3.8) is 0 Å². The lowest BCUT2D eigenvalue weighted by atomic mass is 10.1. The van der Waals surface area contributed by atoms with Gasteiger partial charge in [0.15, 0.2) is 0 Å². The molecule has 3 rings (SSSR count). The molecule has 0 aliphatic carbocycles. The molecule has 6 heteroatoms. The summed E-state index contributed by atoms with van der Waals surface area (Å²) < 4.78 is 5.73. The lowest BCUT2D eigenvalue weighted by molar-refractivity contribution is 0.100. The van der Waals surface area contributed by atoms with Gasteiger partial charge in [-0.15, -0.1) is 10.2 Å². The van der Waals surface area contributed by atoms with Crippen LogP contribution in [-0.4, -0.2) is 16.1 Å². The highest BCUT2D eigenvalue weighted by atomic mass is 32.2. The number of carbonyl (C=O) groups is 1. The number of amides is 1. The van der Waals surface area contributed by atoms with Gasteiger partial charge >= 0.3 is 0 Å². The Morgan fingerprint density at radius 1 is 1.08 bits per heavy atom. The van der Waals surface area contributed by atoms with Gasteiger partial charge in [-0.05, 0) is 43.7 Å². The molecular formula is C18H17N3O2S. The highest BCUT2D eigenvalue weighted by Crippen LogP contribution is 2.26. The SMILES string of the molecule is Cc1cc(C)cc(-c2nnc(SCc3ccc(C(N)=O)cc3)o2)c1. The number of aryl methyl sites for hydroxylation is 2. The molecule has 0 radical (unpaired) electrons. The molecule has 24 heavy (non-hydrogen) atoms. The molecule has 122 valence electrons.